The van der Waals surface area contributed by atoms with Gasteiger partial charge in [-0.2, -0.15) is 0 Å². The predicted molar refractivity (Wildman–Crippen MR) is 78.4 cm³/mol. The topological polar surface area (TPSA) is 46.9 Å². The van der Waals surface area contributed by atoms with Crippen molar-refractivity contribution in [2.75, 3.05) is 5.32 Å². The molecule has 0 aliphatic carbocycles. The van der Waals surface area contributed by atoms with Crippen LogP contribution in [0, 0.1) is 11.7 Å². The number of hydrogen-bond donors (Lipinski definition) is 1. The number of carbonyl (C=O) groups excluding carboxylic acids is 1. The lowest BCUT2D eigenvalue weighted by Crippen LogP contribution is -2.29. The average Bonchev–Trinajstić information content (AvgIpc) is 2.94. The van der Waals surface area contributed by atoms with Crippen molar-refractivity contribution in [1.29, 1.82) is 0 Å². The maximum atomic E-state index is 13.7. The van der Waals surface area contributed by atoms with Crippen LogP contribution < -0.4 is 5.32 Å². The van der Waals surface area contributed by atoms with E-state index in [1.165, 1.54) is 6.07 Å². The number of benzene rings is 1. The van der Waals surface area contributed by atoms with Crippen molar-refractivity contribution in [2.24, 2.45) is 5.92 Å². The summed E-state index contributed by atoms with van der Waals surface area (Å²) in [6, 6.07) is 4.87. The highest BCUT2D eigenvalue weighted by atomic mass is 19.1. The molecule has 2 aromatic rings. The summed E-state index contributed by atoms with van der Waals surface area (Å²) in [5.41, 5.74) is 2.26. The van der Waals surface area contributed by atoms with Gasteiger partial charge in [-0.05, 0) is 30.5 Å². The highest BCUT2D eigenvalue weighted by molar-refractivity contribution is 5.92. The first kappa shape index (κ1) is 13.8. The highest BCUT2D eigenvalue weighted by Gasteiger charge is 2.24. The minimum atomic E-state index is -0.267. The molecule has 1 aliphatic heterocycles. The van der Waals surface area contributed by atoms with Gasteiger partial charge in [-0.15, -0.1) is 0 Å². The van der Waals surface area contributed by atoms with Gasteiger partial charge in [0.1, 0.15) is 5.82 Å². The second kappa shape index (κ2) is 5.68. The van der Waals surface area contributed by atoms with E-state index in [1.54, 1.807) is 24.7 Å². The van der Waals surface area contributed by atoms with Gasteiger partial charge in [0.15, 0.2) is 0 Å². The van der Waals surface area contributed by atoms with Gasteiger partial charge in [0.2, 0.25) is 5.91 Å². The summed E-state index contributed by atoms with van der Waals surface area (Å²) in [6.45, 7) is 2.71. The Morgan fingerprint density at radius 3 is 3.14 bits per heavy atom. The second-order valence-corrected chi connectivity index (χ2v) is 5.42. The number of anilines is 1. The van der Waals surface area contributed by atoms with Crippen molar-refractivity contribution in [3.05, 3.63) is 47.8 Å². The number of rotatable bonds is 3. The highest BCUT2D eigenvalue weighted by Crippen LogP contribution is 2.22. The molecule has 21 heavy (non-hydrogen) atoms. The zero-order valence-electron chi connectivity index (χ0n) is 12.0. The van der Waals surface area contributed by atoms with Gasteiger partial charge in [-0.1, -0.05) is 13.0 Å². The third kappa shape index (κ3) is 2.82. The molecule has 3 rings (SSSR count). The van der Waals surface area contributed by atoms with Crippen molar-refractivity contribution in [2.45, 2.75) is 32.7 Å². The van der Waals surface area contributed by atoms with E-state index in [9.17, 15) is 9.18 Å². The van der Waals surface area contributed by atoms with E-state index in [1.807, 2.05) is 6.92 Å². The van der Waals surface area contributed by atoms with Crippen LogP contribution in [-0.4, -0.2) is 15.5 Å². The Balaban J connectivity index is 1.68. The van der Waals surface area contributed by atoms with E-state index in [0.29, 0.717) is 24.1 Å². The summed E-state index contributed by atoms with van der Waals surface area (Å²) in [5, 5.41) is 2.82. The monoisotopic (exact) mass is 287 g/mol. The lowest BCUT2D eigenvalue weighted by Gasteiger charge is -2.23. The normalized spacial score (nSPS) is 17.3. The number of imidazole rings is 1. The zero-order chi connectivity index (χ0) is 14.8. The predicted octanol–water partition coefficient (Wildman–Crippen LogP) is 2.79. The number of hydrogen-bond acceptors (Lipinski definition) is 2. The standard InChI is InChI=1S/C16H18FN3O/c1-2-11-3-4-13(8-15(11)17)19-16(21)12-5-6-20-10-18-9-14(20)7-12/h3-4,8-10,12H,2,5-7H2,1H3,(H,19,21). The van der Waals surface area contributed by atoms with Crippen molar-refractivity contribution in [1.82, 2.24) is 9.55 Å². The van der Waals surface area contributed by atoms with E-state index >= 15 is 0 Å². The number of nitrogens with one attached hydrogen (secondary N) is 1. The molecule has 4 nitrogen and oxygen atoms in total. The first-order valence-electron chi connectivity index (χ1n) is 7.25. The molecule has 1 unspecified atom stereocenters. The number of fused-ring (bicyclic) bond motifs is 1. The fourth-order valence-electron chi connectivity index (χ4n) is 2.75. The fourth-order valence-corrected chi connectivity index (χ4v) is 2.75. The molecule has 110 valence electrons. The fraction of sp³-hybridized carbons (Fsp3) is 0.375. The molecule has 1 aliphatic rings. The Morgan fingerprint density at radius 2 is 2.38 bits per heavy atom. The second-order valence-electron chi connectivity index (χ2n) is 5.42. The molecular formula is C16H18FN3O. The molecule has 0 spiro atoms. The summed E-state index contributed by atoms with van der Waals surface area (Å²) >= 11 is 0. The maximum Gasteiger partial charge on any atom is 0.227 e. The summed E-state index contributed by atoms with van der Waals surface area (Å²) in [6.07, 6.45) is 5.70. The number of aromatic nitrogens is 2. The number of nitrogens with zero attached hydrogens (tertiary/aromatic N) is 2. The average molecular weight is 287 g/mol. The smallest absolute Gasteiger partial charge is 0.227 e. The van der Waals surface area contributed by atoms with Gasteiger partial charge in [-0.25, -0.2) is 9.37 Å². The molecule has 0 saturated carbocycles. The van der Waals surface area contributed by atoms with Gasteiger partial charge in [0, 0.05) is 36.5 Å². The van der Waals surface area contributed by atoms with Gasteiger partial charge < -0.3 is 9.88 Å². The Hall–Kier alpha value is -2.17. The SMILES string of the molecule is CCc1ccc(NC(=O)C2CCn3cncc3C2)cc1F. The van der Waals surface area contributed by atoms with Crippen LogP contribution in [0.2, 0.25) is 0 Å². The lowest BCUT2D eigenvalue weighted by molar-refractivity contribution is -0.120. The Bertz CT molecular complexity index is 665. The van der Waals surface area contributed by atoms with E-state index in [4.69, 9.17) is 0 Å². The molecule has 1 atom stereocenters. The van der Waals surface area contributed by atoms with Crippen LogP contribution in [-0.2, 0) is 24.2 Å². The molecule has 2 heterocycles. The molecule has 1 amide bonds. The first-order chi connectivity index (χ1) is 10.2. The van der Waals surface area contributed by atoms with Crippen LogP contribution in [0.4, 0.5) is 10.1 Å². The molecule has 0 radical (unpaired) electrons. The maximum absolute atomic E-state index is 13.7. The molecule has 1 aromatic heterocycles. The molecule has 0 bridgehead atoms. The van der Waals surface area contributed by atoms with Crippen LogP contribution in [0.1, 0.15) is 24.6 Å². The molecule has 5 heteroatoms. The van der Waals surface area contributed by atoms with Crippen molar-refractivity contribution < 1.29 is 9.18 Å². The van der Waals surface area contributed by atoms with E-state index in [0.717, 1.165) is 18.7 Å². The molecule has 1 aromatic carbocycles. The number of aryl methyl sites for hydroxylation is 2. The largest absolute Gasteiger partial charge is 0.335 e. The minimum Gasteiger partial charge on any atom is -0.335 e. The Kier molecular flexibility index (Phi) is 3.73. The summed E-state index contributed by atoms with van der Waals surface area (Å²) in [4.78, 5) is 16.4. The van der Waals surface area contributed by atoms with Crippen LogP contribution in [0.3, 0.4) is 0 Å². The van der Waals surface area contributed by atoms with Crippen LogP contribution >= 0.6 is 0 Å². The number of amides is 1. The minimum absolute atomic E-state index is 0.0499. The van der Waals surface area contributed by atoms with Crippen molar-refractivity contribution in [3.8, 4) is 0 Å². The van der Waals surface area contributed by atoms with E-state index in [-0.39, 0.29) is 17.6 Å². The molecule has 0 fully saturated rings. The van der Waals surface area contributed by atoms with E-state index in [2.05, 4.69) is 14.9 Å². The van der Waals surface area contributed by atoms with Gasteiger partial charge >= 0.3 is 0 Å². The van der Waals surface area contributed by atoms with Gasteiger partial charge in [-0.3, -0.25) is 4.79 Å². The van der Waals surface area contributed by atoms with Crippen LogP contribution in [0.5, 0.6) is 0 Å². The number of halogens is 1. The summed E-state index contributed by atoms with van der Waals surface area (Å²) in [5.74, 6) is -0.397. The molecule has 1 N–H and O–H groups in total. The van der Waals surface area contributed by atoms with Crippen LogP contribution in [0.25, 0.3) is 0 Å². The zero-order valence-corrected chi connectivity index (χ0v) is 12.0. The van der Waals surface area contributed by atoms with Gasteiger partial charge in [0.05, 0.1) is 6.33 Å². The van der Waals surface area contributed by atoms with Crippen molar-refractivity contribution >= 4 is 11.6 Å². The quantitative estimate of drug-likeness (QED) is 0.943. The molecule has 0 saturated heterocycles. The third-order valence-corrected chi connectivity index (χ3v) is 4.04. The molecular weight excluding hydrogens is 269 g/mol. The number of carbonyl (C=O) groups is 1. The van der Waals surface area contributed by atoms with Gasteiger partial charge in [0.25, 0.3) is 0 Å². The van der Waals surface area contributed by atoms with Crippen LogP contribution in [0.15, 0.2) is 30.7 Å². The van der Waals surface area contributed by atoms with Crippen molar-refractivity contribution in [3.63, 3.8) is 0 Å². The summed E-state index contributed by atoms with van der Waals surface area (Å²) in [7, 11) is 0. The van der Waals surface area contributed by atoms with E-state index < -0.39 is 0 Å². The first-order valence-corrected chi connectivity index (χ1v) is 7.25. The Morgan fingerprint density at radius 1 is 1.52 bits per heavy atom. The lowest BCUT2D eigenvalue weighted by atomic mass is 9.95. The Labute approximate surface area is 123 Å². The summed E-state index contributed by atoms with van der Waals surface area (Å²) < 4.78 is 15.8. The third-order valence-electron chi connectivity index (χ3n) is 4.04.